The maximum Gasteiger partial charge on any atom is 0.309 e. The fraction of sp³-hybridized carbons (Fsp3) is 0.0833. The zero-order chi connectivity index (χ0) is 13.7. The van der Waals surface area contributed by atoms with Crippen molar-refractivity contribution in [3.05, 3.63) is 48.3 Å². The molecule has 0 aromatic carbocycles. The molecule has 1 amide bonds. The van der Waals surface area contributed by atoms with Crippen molar-refractivity contribution in [1.82, 2.24) is 15.0 Å². The van der Waals surface area contributed by atoms with E-state index in [-0.39, 0.29) is 12.1 Å². The van der Waals surface area contributed by atoms with Crippen LogP contribution in [0, 0.1) is 0 Å². The number of anilines is 1. The minimum Gasteiger partial charge on any atom is -0.481 e. The molecule has 2 N–H and O–H groups in total. The zero-order valence-electron chi connectivity index (χ0n) is 9.78. The molecule has 0 aliphatic carbocycles. The lowest BCUT2D eigenvalue weighted by atomic mass is 10.2. The quantitative estimate of drug-likeness (QED) is 0.838. The molecule has 0 fully saturated rings. The minimum absolute atomic E-state index is 0.154. The standard InChI is InChI=1S/C12H10N4O3/c17-11(18)5-8-1-2-9(6-15-8)16-12(19)10-7-13-3-4-14-10/h1-4,6-7H,5H2,(H,16,19)(H,17,18). The second-order valence-corrected chi connectivity index (χ2v) is 3.65. The second-order valence-electron chi connectivity index (χ2n) is 3.65. The number of pyridine rings is 1. The summed E-state index contributed by atoms with van der Waals surface area (Å²) in [6.07, 6.45) is 5.48. The van der Waals surface area contributed by atoms with Crippen molar-refractivity contribution < 1.29 is 14.7 Å². The first-order valence-corrected chi connectivity index (χ1v) is 5.39. The van der Waals surface area contributed by atoms with Crippen LogP contribution in [-0.4, -0.2) is 31.9 Å². The van der Waals surface area contributed by atoms with E-state index in [2.05, 4.69) is 20.3 Å². The van der Waals surface area contributed by atoms with Gasteiger partial charge in [-0.15, -0.1) is 0 Å². The lowest BCUT2D eigenvalue weighted by molar-refractivity contribution is -0.136. The molecule has 7 nitrogen and oxygen atoms in total. The van der Waals surface area contributed by atoms with Crippen LogP contribution in [0.25, 0.3) is 0 Å². The van der Waals surface area contributed by atoms with Gasteiger partial charge in [-0.3, -0.25) is 19.6 Å². The Balaban J connectivity index is 2.04. The monoisotopic (exact) mass is 258 g/mol. The Kier molecular flexibility index (Phi) is 3.77. The van der Waals surface area contributed by atoms with Crippen LogP contribution in [-0.2, 0) is 11.2 Å². The van der Waals surface area contributed by atoms with E-state index in [1.807, 2.05) is 0 Å². The summed E-state index contributed by atoms with van der Waals surface area (Å²) in [5.41, 5.74) is 1.08. The summed E-state index contributed by atoms with van der Waals surface area (Å²) in [5.74, 6) is -1.36. The lowest BCUT2D eigenvalue weighted by Gasteiger charge is -2.04. The fourth-order valence-corrected chi connectivity index (χ4v) is 1.37. The van der Waals surface area contributed by atoms with E-state index < -0.39 is 11.9 Å². The molecule has 0 aliphatic rings. The minimum atomic E-state index is -0.955. The first kappa shape index (κ1) is 12.6. The van der Waals surface area contributed by atoms with Gasteiger partial charge in [0.05, 0.1) is 30.2 Å². The summed E-state index contributed by atoms with van der Waals surface area (Å²) < 4.78 is 0. The van der Waals surface area contributed by atoms with Gasteiger partial charge in [0.1, 0.15) is 5.69 Å². The number of carbonyl (C=O) groups is 2. The SMILES string of the molecule is O=C(O)Cc1ccc(NC(=O)c2cnccn2)cn1. The smallest absolute Gasteiger partial charge is 0.309 e. The maximum atomic E-state index is 11.7. The van der Waals surface area contributed by atoms with Crippen LogP contribution in [0.2, 0.25) is 0 Å². The Morgan fingerprint density at radius 2 is 2.00 bits per heavy atom. The zero-order valence-corrected chi connectivity index (χ0v) is 9.78. The summed E-state index contributed by atoms with van der Waals surface area (Å²) >= 11 is 0. The molecule has 0 saturated heterocycles. The third-order valence-electron chi connectivity index (χ3n) is 2.21. The van der Waals surface area contributed by atoms with Gasteiger partial charge in [0.25, 0.3) is 5.91 Å². The number of carboxylic acid groups (broad SMARTS) is 1. The lowest BCUT2D eigenvalue weighted by Crippen LogP contribution is -2.14. The highest BCUT2D eigenvalue weighted by molar-refractivity contribution is 6.02. The topological polar surface area (TPSA) is 105 Å². The number of nitrogens with one attached hydrogen (secondary N) is 1. The van der Waals surface area contributed by atoms with E-state index in [0.717, 1.165) is 0 Å². The number of nitrogens with zero attached hydrogens (tertiary/aromatic N) is 3. The van der Waals surface area contributed by atoms with Crippen LogP contribution >= 0.6 is 0 Å². The molecule has 0 atom stereocenters. The predicted molar refractivity (Wildman–Crippen MR) is 65.6 cm³/mol. The Morgan fingerprint density at radius 1 is 1.16 bits per heavy atom. The summed E-state index contributed by atoms with van der Waals surface area (Å²) in [6, 6.07) is 3.12. The molecule has 0 aliphatic heterocycles. The molecular formula is C12H10N4O3. The first-order chi connectivity index (χ1) is 9.15. The van der Waals surface area contributed by atoms with Crippen LogP contribution in [0.5, 0.6) is 0 Å². The average Bonchev–Trinajstić information content (AvgIpc) is 2.41. The second kappa shape index (κ2) is 5.67. The molecule has 0 spiro atoms. The highest BCUT2D eigenvalue weighted by atomic mass is 16.4. The van der Waals surface area contributed by atoms with Gasteiger partial charge >= 0.3 is 5.97 Å². The average molecular weight is 258 g/mol. The molecule has 2 heterocycles. The molecular weight excluding hydrogens is 248 g/mol. The first-order valence-electron chi connectivity index (χ1n) is 5.39. The summed E-state index contributed by atoms with van der Waals surface area (Å²) in [7, 11) is 0. The van der Waals surface area contributed by atoms with Gasteiger partial charge in [0.15, 0.2) is 0 Å². The van der Waals surface area contributed by atoms with E-state index in [1.54, 1.807) is 12.1 Å². The molecule has 0 saturated carbocycles. The Hall–Kier alpha value is -2.83. The Labute approximate surface area is 108 Å². The number of hydrogen-bond acceptors (Lipinski definition) is 5. The molecule has 19 heavy (non-hydrogen) atoms. The normalized spacial score (nSPS) is 9.89. The largest absolute Gasteiger partial charge is 0.481 e. The summed E-state index contributed by atoms with van der Waals surface area (Å²) in [6.45, 7) is 0. The van der Waals surface area contributed by atoms with Crippen molar-refractivity contribution in [2.45, 2.75) is 6.42 Å². The number of hydrogen-bond donors (Lipinski definition) is 2. The van der Waals surface area contributed by atoms with Crippen LogP contribution in [0.3, 0.4) is 0 Å². The number of carbonyl (C=O) groups excluding carboxylic acids is 1. The fourth-order valence-electron chi connectivity index (χ4n) is 1.37. The van der Waals surface area contributed by atoms with Crippen LogP contribution in [0.1, 0.15) is 16.2 Å². The molecule has 2 aromatic heterocycles. The van der Waals surface area contributed by atoms with Gasteiger partial charge < -0.3 is 10.4 Å². The van der Waals surface area contributed by atoms with Crippen molar-refractivity contribution in [3.8, 4) is 0 Å². The Bertz CT molecular complexity index is 584. The van der Waals surface area contributed by atoms with Crippen LogP contribution < -0.4 is 5.32 Å². The molecule has 0 unspecified atom stereocenters. The number of aromatic nitrogens is 3. The number of rotatable bonds is 4. The van der Waals surface area contributed by atoms with Gasteiger partial charge in [-0.1, -0.05) is 0 Å². The number of amides is 1. The van der Waals surface area contributed by atoms with Gasteiger partial charge in [-0.2, -0.15) is 0 Å². The Morgan fingerprint density at radius 3 is 2.58 bits per heavy atom. The third-order valence-corrected chi connectivity index (χ3v) is 2.21. The van der Waals surface area contributed by atoms with Crippen molar-refractivity contribution in [2.24, 2.45) is 0 Å². The van der Waals surface area contributed by atoms with Crippen molar-refractivity contribution in [3.63, 3.8) is 0 Å². The number of aliphatic carboxylic acids is 1. The van der Waals surface area contributed by atoms with E-state index in [0.29, 0.717) is 11.4 Å². The molecule has 7 heteroatoms. The van der Waals surface area contributed by atoms with Crippen molar-refractivity contribution in [2.75, 3.05) is 5.32 Å². The van der Waals surface area contributed by atoms with E-state index in [1.165, 1.54) is 24.8 Å². The highest BCUT2D eigenvalue weighted by Crippen LogP contribution is 2.08. The van der Waals surface area contributed by atoms with Gasteiger partial charge in [-0.05, 0) is 12.1 Å². The van der Waals surface area contributed by atoms with Gasteiger partial charge in [-0.25, -0.2) is 4.98 Å². The third kappa shape index (κ3) is 3.56. The van der Waals surface area contributed by atoms with Crippen molar-refractivity contribution >= 4 is 17.6 Å². The predicted octanol–water partition coefficient (Wildman–Crippen LogP) is 0.751. The summed E-state index contributed by atoms with van der Waals surface area (Å²) in [5, 5.41) is 11.2. The van der Waals surface area contributed by atoms with Crippen molar-refractivity contribution in [1.29, 1.82) is 0 Å². The highest BCUT2D eigenvalue weighted by Gasteiger charge is 2.08. The molecule has 2 aromatic rings. The molecule has 2 rings (SSSR count). The molecule has 96 valence electrons. The van der Waals surface area contributed by atoms with Crippen LogP contribution in [0.4, 0.5) is 5.69 Å². The number of carboxylic acids is 1. The summed E-state index contributed by atoms with van der Waals surface area (Å²) in [4.78, 5) is 33.8. The van der Waals surface area contributed by atoms with E-state index >= 15 is 0 Å². The van der Waals surface area contributed by atoms with E-state index in [9.17, 15) is 9.59 Å². The van der Waals surface area contributed by atoms with Gasteiger partial charge in [0, 0.05) is 12.4 Å². The molecule has 0 radical (unpaired) electrons. The van der Waals surface area contributed by atoms with Gasteiger partial charge in [0.2, 0.25) is 0 Å². The maximum absolute atomic E-state index is 11.7. The van der Waals surface area contributed by atoms with Crippen LogP contribution in [0.15, 0.2) is 36.9 Å². The molecule has 0 bridgehead atoms. The van der Waals surface area contributed by atoms with E-state index in [4.69, 9.17) is 5.11 Å².